The second-order valence-corrected chi connectivity index (χ2v) is 18.1. The van der Waals surface area contributed by atoms with E-state index in [-0.39, 0.29) is 23.3 Å². The monoisotopic (exact) mass is 604 g/mol. The molecule has 1 fully saturated rings. The summed E-state index contributed by atoms with van der Waals surface area (Å²) in [5, 5.41) is 1.45. The maximum atomic E-state index is 13.2. The van der Waals surface area contributed by atoms with Crippen LogP contribution in [0.25, 0.3) is 11.0 Å². The van der Waals surface area contributed by atoms with Crippen molar-refractivity contribution in [3.63, 3.8) is 0 Å². The molecule has 0 amide bonds. The number of carbonyl (C=O) groups excluding carboxylic acids is 2. The fourth-order valence-corrected chi connectivity index (χ4v) is 7.20. The number of benzene rings is 1. The molecule has 1 aliphatic heterocycles. The van der Waals surface area contributed by atoms with E-state index in [0.29, 0.717) is 40.2 Å². The molecule has 3 aromatic heterocycles. The van der Waals surface area contributed by atoms with Crippen molar-refractivity contribution >= 4 is 54.3 Å². The van der Waals surface area contributed by atoms with Crippen LogP contribution in [0.5, 0.6) is 5.75 Å². The number of ether oxygens (including phenoxy) is 1. The van der Waals surface area contributed by atoms with Crippen molar-refractivity contribution in [3.05, 3.63) is 53.5 Å². The van der Waals surface area contributed by atoms with Crippen LogP contribution >= 0.6 is 11.8 Å². The van der Waals surface area contributed by atoms with Crippen molar-refractivity contribution in [2.24, 2.45) is 10.9 Å². The Bertz CT molecular complexity index is 1710. The van der Waals surface area contributed by atoms with Crippen LogP contribution in [0.4, 0.5) is 5.69 Å². The summed E-state index contributed by atoms with van der Waals surface area (Å²) in [7, 11) is -1.97. The number of aliphatic imine (C=N–C) groups is 1. The van der Waals surface area contributed by atoms with E-state index < -0.39 is 20.2 Å². The number of ketones is 1. The lowest BCUT2D eigenvalue weighted by atomic mass is 9.72. The Morgan fingerprint density at radius 3 is 2.74 bits per heavy atom. The van der Waals surface area contributed by atoms with Gasteiger partial charge in [0, 0.05) is 30.0 Å². The molecular weight excluding hydrogens is 569 g/mol. The third-order valence-electron chi connectivity index (χ3n) is 8.56. The number of hydrogen-bond donors (Lipinski definition) is 2. The van der Waals surface area contributed by atoms with Crippen LogP contribution in [0, 0.1) is 5.92 Å². The molecule has 42 heavy (non-hydrogen) atoms. The van der Waals surface area contributed by atoms with Gasteiger partial charge in [-0.2, -0.15) is 0 Å². The lowest BCUT2D eigenvalue weighted by molar-refractivity contribution is -0.122. The average Bonchev–Trinajstić information content (AvgIpc) is 3.65. The Kier molecular flexibility index (Phi) is 7.21. The van der Waals surface area contributed by atoms with Gasteiger partial charge in [0.1, 0.15) is 17.3 Å². The normalized spacial score (nSPS) is 18.9. The molecule has 2 aliphatic rings. The average molecular weight is 605 g/mol. The molecule has 0 saturated heterocycles. The first kappa shape index (κ1) is 28.5. The zero-order valence-electron chi connectivity index (χ0n) is 24.8. The summed E-state index contributed by atoms with van der Waals surface area (Å²) in [6.45, 7) is 13.2. The zero-order chi connectivity index (χ0) is 29.8. The SMILES string of the molecule is CCOC(=O)c1[nH]cc2c1N=C1CCCC(=O)C1C2c1ccc(Sc2nc3ccc(O[Si](C)(C)C(C)(C)C)cc3[nH]2)o1. The van der Waals surface area contributed by atoms with Crippen molar-refractivity contribution in [2.45, 2.75) is 81.3 Å². The van der Waals surface area contributed by atoms with Gasteiger partial charge in [-0.1, -0.05) is 20.8 Å². The van der Waals surface area contributed by atoms with Crippen molar-refractivity contribution in [1.29, 1.82) is 0 Å². The second-order valence-electron chi connectivity index (χ2n) is 12.4. The number of nitrogens with one attached hydrogen (secondary N) is 2. The molecule has 2 unspecified atom stereocenters. The van der Waals surface area contributed by atoms with Crippen LogP contribution in [0.15, 0.2) is 56.2 Å². The molecule has 1 saturated carbocycles. The van der Waals surface area contributed by atoms with Crippen LogP contribution in [-0.2, 0) is 9.53 Å². The molecule has 1 aliphatic carbocycles. The van der Waals surface area contributed by atoms with E-state index in [0.717, 1.165) is 34.5 Å². The first-order valence-electron chi connectivity index (χ1n) is 14.4. The first-order valence-corrected chi connectivity index (χ1v) is 18.1. The Balaban J connectivity index is 1.28. The highest BCUT2D eigenvalue weighted by Gasteiger charge is 2.44. The van der Waals surface area contributed by atoms with Crippen LogP contribution in [0.3, 0.4) is 0 Å². The lowest BCUT2D eigenvalue weighted by Crippen LogP contribution is -2.43. The molecule has 2 N–H and O–H groups in total. The van der Waals surface area contributed by atoms with Gasteiger partial charge in [-0.05, 0) is 73.9 Å². The first-order chi connectivity index (χ1) is 19.9. The maximum absolute atomic E-state index is 13.2. The number of furan rings is 1. The largest absolute Gasteiger partial charge is 0.543 e. The molecule has 9 nitrogen and oxygen atoms in total. The second kappa shape index (κ2) is 10.6. The standard InChI is InChI=1S/C31H36N4O5SSi/c1-7-38-29(37)28-27-18(16-32-28)25(26-20(33-27)9-8-10-22(26)36)23-13-14-24(39-23)41-30-34-19-12-11-17(15-21(19)35-30)40-42(5,6)31(2,3)4/h11-16,25-26,32H,7-10H2,1-6H3,(H,34,35). The number of hydrogen-bond acceptors (Lipinski definition) is 8. The number of carbonyl (C=O) groups is 2. The predicted octanol–water partition coefficient (Wildman–Crippen LogP) is 7.78. The van der Waals surface area contributed by atoms with Crippen LogP contribution in [-0.4, -0.2) is 47.3 Å². The van der Waals surface area contributed by atoms with Crippen molar-refractivity contribution in [1.82, 2.24) is 15.0 Å². The minimum absolute atomic E-state index is 0.0999. The fraction of sp³-hybridized carbons (Fsp3) is 0.419. The van der Waals surface area contributed by atoms with Gasteiger partial charge >= 0.3 is 5.97 Å². The molecule has 0 bridgehead atoms. The third-order valence-corrected chi connectivity index (χ3v) is 13.7. The molecule has 11 heteroatoms. The van der Waals surface area contributed by atoms with E-state index in [2.05, 4.69) is 43.8 Å². The van der Waals surface area contributed by atoms with Gasteiger partial charge in [0.05, 0.1) is 35.2 Å². The Labute approximate surface area is 250 Å². The fourth-order valence-electron chi connectivity index (χ4n) is 5.41. The zero-order valence-corrected chi connectivity index (χ0v) is 26.6. The molecular formula is C31H36N4O5SSi. The summed E-state index contributed by atoms with van der Waals surface area (Å²) in [4.78, 5) is 41.8. The summed E-state index contributed by atoms with van der Waals surface area (Å²) in [6.07, 6.45) is 3.73. The number of Topliss-reactive ketones (excluding diaryl/α,β-unsaturated/α-hetero) is 1. The highest BCUT2D eigenvalue weighted by Crippen LogP contribution is 2.48. The lowest BCUT2D eigenvalue weighted by Gasteiger charge is -2.36. The van der Waals surface area contributed by atoms with E-state index in [1.807, 2.05) is 30.3 Å². The van der Waals surface area contributed by atoms with E-state index in [1.165, 1.54) is 11.8 Å². The minimum Gasteiger partial charge on any atom is -0.543 e. The van der Waals surface area contributed by atoms with Gasteiger partial charge in [-0.25, -0.2) is 9.78 Å². The van der Waals surface area contributed by atoms with Gasteiger partial charge in [0.2, 0.25) is 8.32 Å². The summed E-state index contributed by atoms with van der Waals surface area (Å²) in [6, 6.07) is 9.76. The van der Waals surface area contributed by atoms with Crippen molar-refractivity contribution < 1.29 is 23.2 Å². The molecule has 0 spiro atoms. The Hall–Kier alpha value is -3.57. The molecule has 2 atom stereocenters. The van der Waals surface area contributed by atoms with Crippen molar-refractivity contribution in [3.8, 4) is 5.75 Å². The third kappa shape index (κ3) is 5.13. The number of nitrogens with zero attached hydrogens (tertiary/aromatic N) is 2. The summed E-state index contributed by atoms with van der Waals surface area (Å²) in [5.74, 6) is 0.397. The maximum Gasteiger partial charge on any atom is 0.357 e. The summed E-state index contributed by atoms with van der Waals surface area (Å²) >= 11 is 1.39. The Morgan fingerprint density at radius 2 is 1.98 bits per heavy atom. The van der Waals surface area contributed by atoms with E-state index >= 15 is 0 Å². The predicted molar refractivity (Wildman–Crippen MR) is 165 cm³/mol. The summed E-state index contributed by atoms with van der Waals surface area (Å²) in [5.41, 5.74) is 4.15. The smallest absolute Gasteiger partial charge is 0.357 e. The molecule has 6 rings (SSSR count). The molecule has 220 valence electrons. The van der Waals surface area contributed by atoms with E-state index in [9.17, 15) is 9.59 Å². The highest BCUT2D eigenvalue weighted by atomic mass is 32.2. The van der Waals surface area contributed by atoms with Crippen LogP contribution < -0.4 is 4.43 Å². The number of imidazole rings is 1. The van der Waals surface area contributed by atoms with E-state index in [4.69, 9.17) is 23.6 Å². The van der Waals surface area contributed by atoms with Crippen LogP contribution in [0.1, 0.15) is 74.7 Å². The number of aromatic amines is 2. The number of aromatic nitrogens is 3. The molecule has 0 radical (unpaired) electrons. The Morgan fingerprint density at radius 1 is 1.17 bits per heavy atom. The quantitative estimate of drug-likeness (QED) is 0.163. The van der Waals surface area contributed by atoms with Gasteiger partial charge in [-0.15, -0.1) is 0 Å². The highest BCUT2D eigenvalue weighted by molar-refractivity contribution is 7.99. The van der Waals surface area contributed by atoms with Gasteiger partial charge < -0.3 is 23.5 Å². The van der Waals surface area contributed by atoms with Gasteiger partial charge in [0.15, 0.2) is 15.9 Å². The summed E-state index contributed by atoms with van der Waals surface area (Å²) < 4.78 is 18.1. The molecule has 4 aromatic rings. The topological polar surface area (TPSA) is 123 Å². The molecule has 4 heterocycles. The van der Waals surface area contributed by atoms with E-state index in [1.54, 1.807) is 13.1 Å². The minimum atomic E-state index is -1.97. The number of fused-ring (bicyclic) bond motifs is 3. The van der Waals surface area contributed by atoms with Crippen LogP contribution in [0.2, 0.25) is 18.1 Å². The van der Waals surface area contributed by atoms with Gasteiger partial charge in [-0.3, -0.25) is 9.79 Å². The molecule has 1 aromatic carbocycles. The number of rotatable bonds is 7. The number of H-pyrrole nitrogens is 2. The van der Waals surface area contributed by atoms with Gasteiger partial charge in [0.25, 0.3) is 0 Å². The van der Waals surface area contributed by atoms with Crippen molar-refractivity contribution in [2.75, 3.05) is 6.61 Å². The number of esters is 1.